The number of halogens is 2. The molecule has 0 atom stereocenters. The first-order valence-electron chi connectivity index (χ1n) is 6.01. The van der Waals surface area contributed by atoms with Gasteiger partial charge in [0.25, 0.3) is 5.91 Å². The van der Waals surface area contributed by atoms with Crippen LogP contribution in [0, 0.1) is 11.6 Å². The fraction of sp³-hybridized carbons (Fsp3) is 0.133. The average Bonchev–Trinajstić information content (AvgIpc) is 2.38. The highest BCUT2D eigenvalue weighted by molar-refractivity contribution is 6.04. The molecule has 0 aromatic heterocycles. The van der Waals surface area contributed by atoms with Crippen molar-refractivity contribution in [2.24, 2.45) is 0 Å². The van der Waals surface area contributed by atoms with Crippen LogP contribution in [0.4, 0.5) is 20.2 Å². The summed E-state index contributed by atoms with van der Waals surface area (Å²) in [7, 11) is 3.45. The molecule has 0 bridgehead atoms. The second kappa shape index (κ2) is 5.69. The van der Waals surface area contributed by atoms with E-state index in [0.717, 1.165) is 6.07 Å². The predicted octanol–water partition coefficient (Wildman–Crippen LogP) is 3.28. The summed E-state index contributed by atoms with van der Waals surface area (Å²) in [5.74, 6) is -1.42. The van der Waals surface area contributed by atoms with Crippen molar-refractivity contribution in [1.29, 1.82) is 0 Å². The number of carbonyl (C=O) groups is 1. The Morgan fingerprint density at radius 1 is 1.10 bits per heavy atom. The Morgan fingerprint density at radius 3 is 2.45 bits per heavy atom. The molecule has 3 nitrogen and oxygen atoms in total. The van der Waals surface area contributed by atoms with Gasteiger partial charge in [0.2, 0.25) is 0 Å². The van der Waals surface area contributed by atoms with Gasteiger partial charge in [-0.1, -0.05) is 6.07 Å². The molecule has 0 unspecified atom stereocenters. The predicted molar refractivity (Wildman–Crippen MR) is 75.1 cm³/mol. The Labute approximate surface area is 115 Å². The molecule has 0 aliphatic rings. The number of nitrogens with one attached hydrogen (secondary N) is 1. The molecule has 0 saturated heterocycles. The molecule has 1 N–H and O–H groups in total. The van der Waals surface area contributed by atoms with E-state index < -0.39 is 17.5 Å². The van der Waals surface area contributed by atoms with E-state index in [4.69, 9.17) is 0 Å². The largest absolute Gasteiger partial charge is 0.375 e. The van der Waals surface area contributed by atoms with E-state index in [0.29, 0.717) is 11.4 Å². The van der Waals surface area contributed by atoms with E-state index >= 15 is 0 Å². The second-order valence-corrected chi connectivity index (χ2v) is 4.53. The van der Waals surface area contributed by atoms with Crippen molar-refractivity contribution in [2.75, 3.05) is 24.3 Å². The van der Waals surface area contributed by atoms with Crippen LogP contribution in [0.5, 0.6) is 0 Å². The van der Waals surface area contributed by atoms with Crippen LogP contribution in [0.25, 0.3) is 0 Å². The molecule has 2 rings (SSSR count). The van der Waals surface area contributed by atoms with Gasteiger partial charge in [0.1, 0.15) is 11.6 Å². The first-order valence-corrected chi connectivity index (χ1v) is 6.01. The fourth-order valence-corrected chi connectivity index (χ4v) is 1.78. The van der Waals surface area contributed by atoms with Crippen LogP contribution < -0.4 is 10.2 Å². The number of nitrogens with zero attached hydrogens (tertiary/aromatic N) is 1. The zero-order chi connectivity index (χ0) is 14.7. The molecule has 0 aliphatic carbocycles. The summed E-state index contributed by atoms with van der Waals surface area (Å²) in [5, 5.41) is 2.53. The highest BCUT2D eigenvalue weighted by atomic mass is 19.1. The number of amides is 1. The molecule has 5 heteroatoms. The molecule has 1 amide bonds. The molecule has 20 heavy (non-hydrogen) atoms. The molecule has 0 radical (unpaired) electrons. The van der Waals surface area contributed by atoms with E-state index in [1.54, 1.807) is 31.1 Å². The van der Waals surface area contributed by atoms with Crippen molar-refractivity contribution < 1.29 is 13.6 Å². The lowest BCUT2D eigenvalue weighted by Gasteiger charge is -2.14. The third-order valence-corrected chi connectivity index (χ3v) is 2.77. The van der Waals surface area contributed by atoms with Crippen molar-refractivity contribution >= 4 is 17.3 Å². The van der Waals surface area contributed by atoms with Gasteiger partial charge in [0.15, 0.2) is 0 Å². The summed E-state index contributed by atoms with van der Waals surface area (Å²) in [6.07, 6.45) is 0. The van der Waals surface area contributed by atoms with E-state index in [-0.39, 0.29) is 5.56 Å². The molecular weight excluding hydrogens is 262 g/mol. The Morgan fingerprint density at radius 2 is 1.85 bits per heavy atom. The Balaban J connectivity index is 2.18. The van der Waals surface area contributed by atoms with Gasteiger partial charge in [0, 0.05) is 25.3 Å². The fourth-order valence-electron chi connectivity index (χ4n) is 1.78. The molecule has 104 valence electrons. The van der Waals surface area contributed by atoms with Crippen LogP contribution in [0.2, 0.25) is 0 Å². The third-order valence-electron chi connectivity index (χ3n) is 2.77. The second-order valence-electron chi connectivity index (χ2n) is 4.53. The van der Waals surface area contributed by atoms with E-state index in [2.05, 4.69) is 5.32 Å². The molecule has 0 aliphatic heterocycles. The van der Waals surface area contributed by atoms with Crippen molar-refractivity contribution in [3.63, 3.8) is 0 Å². The standard InChI is InChI=1S/C15H14F2N2O/c1-19(2)14-7-6-12(9-13(14)17)18-15(20)10-4-3-5-11(16)8-10/h3-9H,1-2H3,(H,18,20). The van der Waals surface area contributed by atoms with Gasteiger partial charge in [0.05, 0.1) is 5.69 Å². The summed E-state index contributed by atoms with van der Waals surface area (Å²) < 4.78 is 26.8. The zero-order valence-electron chi connectivity index (χ0n) is 11.2. The third kappa shape index (κ3) is 3.12. The van der Waals surface area contributed by atoms with E-state index in [9.17, 15) is 13.6 Å². The van der Waals surface area contributed by atoms with Crippen LogP contribution in [-0.2, 0) is 0 Å². The lowest BCUT2D eigenvalue weighted by molar-refractivity contribution is 0.102. The highest BCUT2D eigenvalue weighted by Gasteiger charge is 2.09. The molecular formula is C15H14F2N2O. The number of hydrogen-bond donors (Lipinski definition) is 1. The van der Waals surface area contributed by atoms with E-state index in [1.807, 2.05) is 0 Å². The highest BCUT2D eigenvalue weighted by Crippen LogP contribution is 2.21. The smallest absolute Gasteiger partial charge is 0.255 e. The first-order chi connectivity index (χ1) is 9.47. The quantitative estimate of drug-likeness (QED) is 0.933. The van der Waals surface area contributed by atoms with Gasteiger partial charge in [-0.25, -0.2) is 8.78 Å². The van der Waals surface area contributed by atoms with Crippen molar-refractivity contribution in [3.05, 3.63) is 59.7 Å². The van der Waals surface area contributed by atoms with Crippen LogP contribution in [0.15, 0.2) is 42.5 Å². The Hall–Kier alpha value is -2.43. The maximum Gasteiger partial charge on any atom is 0.255 e. The molecule has 0 heterocycles. The molecule has 2 aromatic rings. The number of hydrogen-bond acceptors (Lipinski definition) is 2. The summed E-state index contributed by atoms with van der Waals surface area (Å²) in [4.78, 5) is 13.5. The summed E-state index contributed by atoms with van der Waals surface area (Å²) in [5.41, 5.74) is 0.929. The van der Waals surface area contributed by atoms with Crippen LogP contribution >= 0.6 is 0 Å². The minimum atomic E-state index is -0.494. The monoisotopic (exact) mass is 276 g/mol. The molecule has 0 spiro atoms. The number of benzene rings is 2. The van der Waals surface area contributed by atoms with Gasteiger partial charge in [-0.2, -0.15) is 0 Å². The van der Waals surface area contributed by atoms with Gasteiger partial charge >= 0.3 is 0 Å². The average molecular weight is 276 g/mol. The van der Waals surface area contributed by atoms with Crippen molar-refractivity contribution in [2.45, 2.75) is 0 Å². The van der Waals surface area contributed by atoms with Crippen LogP contribution in [-0.4, -0.2) is 20.0 Å². The minimum Gasteiger partial charge on any atom is -0.375 e. The topological polar surface area (TPSA) is 32.3 Å². The van der Waals surface area contributed by atoms with Gasteiger partial charge in [-0.3, -0.25) is 4.79 Å². The van der Waals surface area contributed by atoms with E-state index in [1.165, 1.54) is 24.3 Å². The first kappa shape index (κ1) is 14.0. The normalized spacial score (nSPS) is 10.2. The summed E-state index contributed by atoms with van der Waals surface area (Å²) >= 11 is 0. The minimum absolute atomic E-state index is 0.182. The lowest BCUT2D eigenvalue weighted by atomic mass is 10.2. The SMILES string of the molecule is CN(C)c1ccc(NC(=O)c2cccc(F)c2)cc1F. The van der Waals surface area contributed by atoms with Crippen LogP contribution in [0.3, 0.4) is 0 Å². The maximum absolute atomic E-state index is 13.8. The van der Waals surface area contributed by atoms with Gasteiger partial charge in [-0.05, 0) is 36.4 Å². The summed E-state index contributed by atoms with van der Waals surface area (Å²) in [6, 6.07) is 9.70. The maximum atomic E-state index is 13.8. The molecule has 0 fully saturated rings. The van der Waals surface area contributed by atoms with Crippen LogP contribution in [0.1, 0.15) is 10.4 Å². The summed E-state index contributed by atoms with van der Waals surface area (Å²) in [6.45, 7) is 0. The Bertz CT molecular complexity index is 642. The molecule has 2 aromatic carbocycles. The molecule has 0 saturated carbocycles. The number of rotatable bonds is 3. The van der Waals surface area contributed by atoms with Gasteiger partial charge < -0.3 is 10.2 Å². The van der Waals surface area contributed by atoms with Crippen molar-refractivity contribution in [3.8, 4) is 0 Å². The number of anilines is 2. The zero-order valence-corrected chi connectivity index (χ0v) is 11.2. The van der Waals surface area contributed by atoms with Crippen molar-refractivity contribution in [1.82, 2.24) is 0 Å². The van der Waals surface area contributed by atoms with Gasteiger partial charge in [-0.15, -0.1) is 0 Å². The number of carbonyl (C=O) groups excluding carboxylic acids is 1. The lowest BCUT2D eigenvalue weighted by Crippen LogP contribution is -2.14. The Kier molecular flexibility index (Phi) is 3.98.